The van der Waals surface area contributed by atoms with Crippen molar-refractivity contribution in [3.8, 4) is 0 Å². The number of fused-ring (bicyclic) bond motifs is 1. The van der Waals surface area contributed by atoms with Gasteiger partial charge in [-0.25, -0.2) is 9.50 Å². The first kappa shape index (κ1) is 22.7. The van der Waals surface area contributed by atoms with Crippen molar-refractivity contribution in [1.29, 1.82) is 0 Å². The highest BCUT2D eigenvalue weighted by atomic mass is 32.2. The minimum atomic E-state index is 0.00821. The molecule has 8 heteroatoms. The van der Waals surface area contributed by atoms with Crippen LogP contribution in [0, 0.1) is 19.8 Å². The van der Waals surface area contributed by atoms with Crippen LogP contribution >= 0.6 is 11.8 Å². The molecule has 3 aromatic rings. The molecular weight excluding hydrogens is 420 g/mol. The van der Waals surface area contributed by atoms with E-state index in [4.69, 9.17) is 0 Å². The summed E-state index contributed by atoms with van der Waals surface area (Å²) in [6.45, 7) is 8.98. The van der Waals surface area contributed by atoms with Gasteiger partial charge in [-0.3, -0.25) is 9.69 Å². The lowest BCUT2D eigenvalue weighted by molar-refractivity contribution is -0.120. The average Bonchev–Trinajstić information content (AvgIpc) is 3.22. The summed E-state index contributed by atoms with van der Waals surface area (Å²) in [5, 5.41) is 8.37. The number of hydrogen-bond acceptors (Lipinski definition) is 6. The first-order chi connectivity index (χ1) is 15.5. The Kier molecular flexibility index (Phi) is 7.10. The van der Waals surface area contributed by atoms with Crippen LogP contribution < -0.4 is 5.32 Å². The summed E-state index contributed by atoms with van der Waals surface area (Å²) >= 11 is 1.48. The summed E-state index contributed by atoms with van der Waals surface area (Å²) in [4.78, 5) is 24.5. The van der Waals surface area contributed by atoms with E-state index >= 15 is 0 Å². The number of benzene rings is 1. The van der Waals surface area contributed by atoms with Crippen molar-refractivity contribution >= 4 is 23.4 Å². The Morgan fingerprint density at radius 3 is 2.59 bits per heavy atom. The smallest absolute Gasteiger partial charge is 0.253 e. The molecule has 32 heavy (non-hydrogen) atoms. The van der Waals surface area contributed by atoms with Gasteiger partial charge in [0.2, 0.25) is 11.1 Å². The van der Waals surface area contributed by atoms with Crippen LogP contribution in [0.4, 0.5) is 0 Å². The van der Waals surface area contributed by atoms with E-state index < -0.39 is 0 Å². The van der Waals surface area contributed by atoms with Crippen LogP contribution in [0.25, 0.3) is 5.78 Å². The number of aryl methyl sites for hydroxylation is 2. The maximum atomic E-state index is 13.0. The first-order valence-electron chi connectivity index (χ1n) is 11.3. The van der Waals surface area contributed by atoms with Gasteiger partial charge >= 0.3 is 0 Å². The predicted molar refractivity (Wildman–Crippen MR) is 128 cm³/mol. The second kappa shape index (κ2) is 10.0. The van der Waals surface area contributed by atoms with E-state index in [1.54, 1.807) is 4.52 Å². The minimum absolute atomic E-state index is 0.00821. The molecule has 2 aromatic heterocycles. The van der Waals surface area contributed by atoms with E-state index in [1.165, 1.54) is 30.2 Å². The third-order valence-electron chi connectivity index (χ3n) is 6.49. The molecule has 4 rings (SSSR count). The highest BCUT2D eigenvalue weighted by molar-refractivity contribution is 7.98. The molecule has 3 heterocycles. The van der Waals surface area contributed by atoms with E-state index in [1.807, 2.05) is 26.2 Å². The monoisotopic (exact) mass is 452 g/mol. The molecule has 1 aliphatic heterocycles. The lowest BCUT2D eigenvalue weighted by atomic mass is 9.95. The van der Waals surface area contributed by atoms with Crippen LogP contribution in [0.15, 0.2) is 35.5 Å². The van der Waals surface area contributed by atoms with E-state index in [0.29, 0.717) is 17.5 Å². The Balaban J connectivity index is 1.48. The Hall–Kier alpha value is -2.45. The molecule has 170 valence electrons. The molecule has 7 nitrogen and oxygen atoms in total. The van der Waals surface area contributed by atoms with Crippen LogP contribution in [0.3, 0.4) is 0 Å². The number of rotatable bonds is 7. The van der Waals surface area contributed by atoms with Crippen molar-refractivity contribution in [1.82, 2.24) is 29.8 Å². The number of carbonyl (C=O) groups excluding carboxylic acids is 1. The molecule has 0 spiro atoms. The Bertz CT molecular complexity index is 1080. The first-order valence-corrected chi connectivity index (χ1v) is 12.5. The number of carbonyl (C=O) groups is 1. The fourth-order valence-corrected chi connectivity index (χ4v) is 4.78. The third-order valence-corrected chi connectivity index (χ3v) is 7.02. The number of piperidine rings is 1. The van der Waals surface area contributed by atoms with Crippen molar-refractivity contribution in [3.63, 3.8) is 0 Å². The predicted octanol–water partition coefficient (Wildman–Crippen LogP) is 3.59. The lowest BCUT2D eigenvalue weighted by Gasteiger charge is -2.37. The van der Waals surface area contributed by atoms with Gasteiger partial charge in [0.15, 0.2) is 0 Å². The molecule has 1 amide bonds. The van der Waals surface area contributed by atoms with Gasteiger partial charge in [-0.15, -0.1) is 5.10 Å². The van der Waals surface area contributed by atoms with Crippen LogP contribution in [-0.4, -0.2) is 56.3 Å². The van der Waals surface area contributed by atoms with Gasteiger partial charge in [-0.1, -0.05) is 49.0 Å². The lowest BCUT2D eigenvalue weighted by Crippen LogP contribution is -2.42. The maximum Gasteiger partial charge on any atom is 0.253 e. The van der Waals surface area contributed by atoms with E-state index in [-0.39, 0.29) is 18.4 Å². The number of hydrogen-bond donors (Lipinski definition) is 1. The van der Waals surface area contributed by atoms with E-state index in [2.05, 4.69) is 56.5 Å². The molecule has 1 atom stereocenters. The van der Waals surface area contributed by atoms with Gasteiger partial charge in [0.05, 0.1) is 12.5 Å². The highest BCUT2D eigenvalue weighted by Gasteiger charge is 2.25. The summed E-state index contributed by atoms with van der Waals surface area (Å²) in [6, 6.07) is 10.7. The van der Waals surface area contributed by atoms with Crippen LogP contribution in [0.2, 0.25) is 0 Å². The van der Waals surface area contributed by atoms with Crippen molar-refractivity contribution in [3.05, 3.63) is 52.8 Å². The van der Waals surface area contributed by atoms with Gasteiger partial charge in [-0.2, -0.15) is 4.98 Å². The van der Waals surface area contributed by atoms with E-state index in [9.17, 15) is 4.79 Å². The molecule has 1 unspecified atom stereocenters. The molecule has 1 saturated heterocycles. The number of nitrogens with zero attached hydrogens (tertiary/aromatic N) is 5. The quantitative estimate of drug-likeness (QED) is 0.552. The number of likely N-dealkylation sites (tertiary alicyclic amines) is 1. The Morgan fingerprint density at radius 2 is 1.91 bits per heavy atom. The standard InChI is InChI=1S/C24H32N6OS/c1-16-10-12-29(13-11-16)21(19-8-6-5-7-9-19)15-25-22(31)14-20-17(2)26-23-27-24(32-4)28-30(23)18(20)3/h5-9,16,21H,10-15H2,1-4H3,(H,25,31). The normalized spacial score (nSPS) is 16.4. The molecular formula is C24H32N6OS. The maximum absolute atomic E-state index is 13.0. The average molecular weight is 453 g/mol. The number of nitrogens with one attached hydrogen (secondary N) is 1. The zero-order valence-corrected chi connectivity index (χ0v) is 20.2. The summed E-state index contributed by atoms with van der Waals surface area (Å²) < 4.78 is 1.74. The summed E-state index contributed by atoms with van der Waals surface area (Å²) in [7, 11) is 0. The fraction of sp³-hybridized carbons (Fsp3) is 0.500. The SMILES string of the molecule is CSc1nc2nc(C)c(CC(=O)NCC(c3ccccc3)N3CCC(C)CC3)c(C)n2n1. The van der Waals surface area contributed by atoms with Gasteiger partial charge in [0.25, 0.3) is 5.78 Å². The van der Waals surface area contributed by atoms with Crippen molar-refractivity contribution in [2.75, 3.05) is 25.9 Å². The van der Waals surface area contributed by atoms with Gasteiger partial charge < -0.3 is 5.32 Å². The van der Waals surface area contributed by atoms with Gasteiger partial charge in [0.1, 0.15) is 0 Å². The molecule has 0 aliphatic carbocycles. The van der Waals surface area contributed by atoms with Crippen LogP contribution in [0.1, 0.15) is 48.3 Å². The Morgan fingerprint density at radius 1 is 1.19 bits per heavy atom. The fourth-order valence-electron chi connectivity index (χ4n) is 4.44. The highest BCUT2D eigenvalue weighted by Crippen LogP contribution is 2.26. The largest absolute Gasteiger partial charge is 0.354 e. The molecule has 0 radical (unpaired) electrons. The third kappa shape index (κ3) is 4.96. The van der Waals surface area contributed by atoms with Gasteiger partial charge in [-0.05, 0) is 57.5 Å². The topological polar surface area (TPSA) is 75.4 Å². The van der Waals surface area contributed by atoms with Crippen molar-refractivity contribution < 1.29 is 4.79 Å². The molecule has 1 aromatic carbocycles. The summed E-state index contributed by atoms with van der Waals surface area (Å²) in [5.74, 6) is 1.36. The van der Waals surface area contributed by atoms with Crippen molar-refractivity contribution in [2.45, 2.75) is 51.2 Å². The van der Waals surface area contributed by atoms with Crippen LogP contribution in [0.5, 0.6) is 0 Å². The number of amides is 1. The van der Waals surface area contributed by atoms with Crippen LogP contribution in [-0.2, 0) is 11.2 Å². The second-order valence-electron chi connectivity index (χ2n) is 8.70. The van der Waals surface area contributed by atoms with E-state index in [0.717, 1.165) is 36.0 Å². The zero-order valence-electron chi connectivity index (χ0n) is 19.3. The molecule has 0 saturated carbocycles. The summed E-state index contributed by atoms with van der Waals surface area (Å²) in [5.41, 5.74) is 3.91. The second-order valence-corrected chi connectivity index (χ2v) is 9.47. The zero-order chi connectivity index (χ0) is 22.7. The number of aromatic nitrogens is 4. The van der Waals surface area contributed by atoms with Crippen molar-refractivity contribution in [2.24, 2.45) is 5.92 Å². The molecule has 0 bridgehead atoms. The summed E-state index contributed by atoms with van der Waals surface area (Å²) in [6.07, 6.45) is 4.64. The Labute approximate surface area is 194 Å². The number of thioether (sulfide) groups is 1. The van der Waals surface area contributed by atoms with Gasteiger partial charge in [0, 0.05) is 23.5 Å². The molecule has 1 aliphatic rings. The molecule has 1 N–H and O–H groups in total. The minimum Gasteiger partial charge on any atom is -0.354 e. The molecule has 1 fully saturated rings.